The summed E-state index contributed by atoms with van der Waals surface area (Å²) in [7, 11) is -1.46. The highest BCUT2D eigenvalue weighted by Crippen LogP contribution is 1.94. The maximum absolute atomic E-state index is 11.3. The van der Waals surface area contributed by atoms with Gasteiger partial charge in [0.15, 0.2) is 0 Å². The first-order valence-electron chi connectivity index (χ1n) is 5.06. The lowest BCUT2D eigenvalue weighted by Crippen LogP contribution is -2.33. The fourth-order valence-electron chi connectivity index (χ4n) is 1.10. The topological polar surface area (TPSA) is 98.5 Å². The average Bonchev–Trinajstić information content (AvgIpc) is 2.19. The Bertz CT molecular complexity index is 299. The summed E-state index contributed by atoms with van der Waals surface area (Å²) in [6.45, 7) is 0.639. The summed E-state index contributed by atoms with van der Waals surface area (Å²) in [5.41, 5.74) is 5.36. The molecule has 0 heterocycles. The quantitative estimate of drug-likeness (QED) is 0.534. The van der Waals surface area contributed by atoms with Crippen molar-refractivity contribution in [1.82, 2.24) is 5.32 Å². The predicted molar refractivity (Wildman–Crippen MR) is 61.8 cm³/mol. The van der Waals surface area contributed by atoms with E-state index < -0.39 is 9.84 Å². The maximum atomic E-state index is 11.3. The molecule has 1 amide bonds. The van der Waals surface area contributed by atoms with Crippen molar-refractivity contribution in [3.63, 3.8) is 0 Å². The van der Waals surface area contributed by atoms with Gasteiger partial charge >= 0.3 is 0 Å². The molecule has 1 atom stereocenters. The second-order valence-electron chi connectivity index (χ2n) is 3.63. The normalized spacial score (nSPS) is 13.4. The van der Waals surface area contributed by atoms with Crippen LogP contribution in [0.1, 0.15) is 12.8 Å². The molecule has 0 aromatic heterocycles. The highest BCUT2D eigenvalue weighted by atomic mass is 32.2. The monoisotopic (exact) mass is 252 g/mol. The molecule has 7 heteroatoms. The lowest BCUT2D eigenvalue weighted by atomic mass is 10.2. The highest BCUT2D eigenvalue weighted by molar-refractivity contribution is 7.90. The second kappa shape index (κ2) is 7.59. The van der Waals surface area contributed by atoms with Gasteiger partial charge in [0.2, 0.25) is 5.91 Å². The van der Waals surface area contributed by atoms with Crippen LogP contribution in [0.2, 0.25) is 0 Å². The number of nitrogens with two attached hydrogens (primary N) is 1. The molecule has 0 aromatic rings. The molecule has 0 fully saturated rings. The van der Waals surface area contributed by atoms with Crippen LogP contribution in [0.3, 0.4) is 0 Å². The zero-order valence-electron chi connectivity index (χ0n) is 9.73. The van der Waals surface area contributed by atoms with Crippen LogP contribution in [0, 0.1) is 0 Å². The van der Waals surface area contributed by atoms with Gasteiger partial charge in [0.05, 0.1) is 18.3 Å². The van der Waals surface area contributed by atoms with E-state index in [4.69, 9.17) is 10.5 Å². The Kier molecular flexibility index (Phi) is 7.27. The summed E-state index contributed by atoms with van der Waals surface area (Å²) in [6.07, 6.45) is 1.51. The lowest BCUT2D eigenvalue weighted by Gasteiger charge is -2.12. The van der Waals surface area contributed by atoms with Crippen LogP contribution in [0.4, 0.5) is 0 Å². The van der Waals surface area contributed by atoms with Crippen LogP contribution < -0.4 is 11.1 Å². The summed E-state index contributed by atoms with van der Waals surface area (Å²) >= 11 is 0. The molecule has 3 N–H and O–H groups in total. The SMILES string of the molecule is COC(CN)CC(=O)NCCCS(C)(=O)=O. The van der Waals surface area contributed by atoms with Crippen molar-refractivity contribution in [2.75, 3.05) is 32.2 Å². The van der Waals surface area contributed by atoms with Crippen molar-refractivity contribution >= 4 is 15.7 Å². The number of hydrogen-bond acceptors (Lipinski definition) is 5. The minimum atomic E-state index is -2.95. The fourth-order valence-corrected chi connectivity index (χ4v) is 1.77. The van der Waals surface area contributed by atoms with Gasteiger partial charge in [0, 0.05) is 26.5 Å². The van der Waals surface area contributed by atoms with Gasteiger partial charge in [-0.1, -0.05) is 0 Å². The van der Waals surface area contributed by atoms with E-state index in [1.807, 2.05) is 0 Å². The van der Waals surface area contributed by atoms with Gasteiger partial charge in [0.25, 0.3) is 0 Å². The Morgan fingerprint density at radius 3 is 2.56 bits per heavy atom. The standard InChI is InChI=1S/C9H20N2O4S/c1-15-8(7-10)6-9(12)11-4-3-5-16(2,13)14/h8H,3-7,10H2,1-2H3,(H,11,12). The first-order chi connectivity index (χ1) is 7.39. The summed E-state index contributed by atoms with van der Waals surface area (Å²) in [4.78, 5) is 11.3. The van der Waals surface area contributed by atoms with Crippen LogP contribution in [0.5, 0.6) is 0 Å². The first kappa shape index (κ1) is 15.3. The molecule has 1 unspecified atom stereocenters. The Labute approximate surface area is 96.4 Å². The van der Waals surface area contributed by atoms with Crippen LogP contribution in [-0.4, -0.2) is 52.6 Å². The third-order valence-electron chi connectivity index (χ3n) is 2.02. The van der Waals surface area contributed by atoms with Crippen molar-refractivity contribution in [2.24, 2.45) is 5.73 Å². The number of rotatable bonds is 8. The number of ether oxygens (including phenoxy) is 1. The molecule has 0 aliphatic rings. The summed E-state index contributed by atoms with van der Waals surface area (Å²) in [5.74, 6) is -0.0940. The maximum Gasteiger partial charge on any atom is 0.222 e. The average molecular weight is 252 g/mol. The number of methoxy groups -OCH3 is 1. The zero-order chi connectivity index (χ0) is 12.6. The summed E-state index contributed by atoms with van der Waals surface area (Å²) in [5, 5.41) is 2.62. The lowest BCUT2D eigenvalue weighted by molar-refractivity contribution is -0.123. The van der Waals surface area contributed by atoms with E-state index in [0.29, 0.717) is 13.0 Å². The van der Waals surface area contributed by atoms with Gasteiger partial charge in [-0.05, 0) is 6.42 Å². The molecule has 96 valence electrons. The molecule has 0 saturated carbocycles. The molecular formula is C9H20N2O4S. The number of sulfone groups is 1. The van der Waals surface area contributed by atoms with Gasteiger partial charge in [-0.3, -0.25) is 4.79 Å². The number of carbonyl (C=O) groups is 1. The molecule has 0 spiro atoms. The molecule has 0 aliphatic carbocycles. The number of nitrogens with one attached hydrogen (secondary N) is 1. The van der Waals surface area contributed by atoms with Crippen molar-refractivity contribution in [3.8, 4) is 0 Å². The fraction of sp³-hybridized carbons (Fsp3) is 0.889. The minimum absolute atomic E-state index is 0.0812. The van der Waals surface area contributed by atoms with Crippen molar-refractivity contribution < 1.29 is 17.9 Å². The first-order valence-corrected chi connectivity index (χ1v) is 7.12. The van der Waals surface area contributed by atoms with E-state index in [0.717, 1.165) is 0 Å². The van der Waals surface area contributed by atoms with E-state index in [1.54, 1.807) is 0 Å². The van der Waals surface area contributed by atoms with Crippen LogP contribution in [0.25, 0.3) is 0 Å². The van der Waals surface area contributed by atoms with Gasteiger partial charge in [0.1, 0.15) is 9.84 Å². The molecule has 16 heavy (non-hydrogen) atoms. The zero-order valence-corrected chi connectivity index (χ0v) is 10.5. The number of amides is 1. The van der Waals surface area contributed by atoms with Crippen LogP contribution >= 0.6 is 0 Å². The minimum Gasteiger partial charge on any atom is -0.380 e. The third-order valence-corrected chi connectivity index (χ3v) is 3.05. The van der Waals surface area contributed by atoms with Gasteiger partial charge in [-0.15, -0.1) is 0 Å². The predicted octanol–water partition coefficient (Wildman–Crippen LogP) is -1.10. The van der Waals surface area contributed by atoms with Gasteiger partial charge < -0.3 is 15.8 Å². The molecule has 0 radical (unpaired) electrons. The largest absolute Gasteiger partial charge is 0.380 e. The molecular weight excluding hydrogens is 232 g/mol. The summed E-state index contributed by atoms with van der Waals surface area (Å²) < 4.78 is 26.5. The van der Waals surface area contributed by atoms with Crippen LogP contribution in [-0.2, 0) is 19.4 Å². The van der Waals surface area contributed by atoms with Crippen molar-refractivity contribution in [3.05, 3.63) is 0 Å². The van der Waals surface area contributed by atoms with Gasteiger partial charge in [-0.2, -0.15) is 0 Å². The third kappa shape index (κ3) is 8.63. The smallest absolute Gasteiger partial charge is 0.222 e. The Morgan fingerprint density at radius 2 is 2.12 bits per heavy atom. The van der Waals surface area contributed by atoms with Crippen molar-refractivity contribution in [2.45, 2.75) is 18.9 Å². The molecule has 0 aromatic carbocycles. The number of carbonyl (C=O) groups excluding carboxylic acids is 1. The molecule has 0 bridgehead atoms. The molecule has 0 rings (SSSR count). The molecule has 0 saturated heterocycles. The van der Waals surface area contributed by atoms with E-state index in [2.05, 4.69) is 5.32 Å². The second-order valence-corrected chi connectivity index (χ2v) is 5.89. The summed E-state index contributed by atoms with van der Waals surface area (Å²) in [6, 6.07) is 0. The van der Waals surface area contributed by atoms with E-state index in [1.165, 1.54) is 13.4 Å². The van der Waals surface area contributed by atoms with Crippen LogP contribution in [0.15, 0.2) is 0 Å². The Balaban J connectivity index is 3.66. The number of hydrogen-bond donors (Lipinski definition) is 2. The van der Waals surface area contributed by atoms with E-state index in [-0.39, 0.29) is 30.7 Å². The van der Waals surface area contributed by atoms with E-state index >= 15 is 0 Å². The Hall–Kier alpha value is -0.660. The highest BCUT2D eigenvalue weighted by Gasteiger charge is 2.10. The molecule has 0 aliphatic heterocycles. The van der Waals surface area contributed by atoms with E-state index in [9.17, 15) is 13.2 Å². The Morgan fingerprint density at radius 1 is 1.50 bits per heavy atom. The van der Waals surface area contributed by atoms with Gasteiger partial charge in [-0.25, -0.2) is 8.42 Å². The molecule has 6 nitrogen and oxygen atoms in total. The van der Waals surface area contributed by atoms with Crippen molar-refractivity contribution in [1.29, 1.82) is 0 Å².